The molecule has 0 aliphatic rings. The standard InChI is InChI=1S/C18H14O/c1-2-5-15(6-3-1)9-10-16-7-4-8-17(13-16)18-11-12-19-14-18/h1-14H/b10-9+. The van der Waals surface area contributed by atoms with Crippen LogP contribution >= 0.6 is 0 Å². The van der Waals surface area contributed by atoms with Crippen LogP contribution in [0.25, 0.3) is 23.3 Å². The smallest absolute Gasteiger partial charge is 0.0980 e. The second kappa shape index (κ2) is 5.40. The third-order valence-corrected chi connectivity index (χ3v) is 3.01. The van der Waals surface area contributed by atoms with Crippen LogP contribution in [0.15, 0.2) is 77.6 Å². The van der Waals surface area contributed by atoms with Gasteiger partial charge in [0.1, 0.15) is 0 Å². The lowest BCUT2D eigenvalue weighted by molar-refractivity contribution is 0.568. The Bertz CT molecular complexity index is 664. The predicted octanol–water partition coefficient (Wildman–Crippen LogP) is 5.12. The van der Waals surface area contributed by atoms with Crippen molar-refractivity contribution >= 4 is 12.2 Å². The summed E-state index contributed by atoms with van der Waals surface area (Å²) in [6.07, 6.45) is 7.70. The Morgan fingerprint density at radius 3 is 2.26 bits per heavy atom. The van der Waals surface area contributed by atoms with E-state index in [1.54, 1.807) is 12.5 Å². The van der Waals surface area contributed by atoms with E-state index in [9.17, 15) is 0 Å². The van der Waals surface area contributed by atoms with Crippen LogP contribution < -0.4 is 0 Å². The van der Waals surface area contributed by atoms with E-state index in [1.807, 2.05) is 24.3 Å². The SMILES string of the molecule is C(=C\c1cccc(-c2ccoc2)c1)/c1ccccc1. The quantitative estimate of drug-likeness (QED) is 0.585. The van der Waals surface area contributed by atoms with Crippen molar-refractivity contribution in [1.29, 1.82) is 0 Å². The second-order valence-electron chi connectivity index (χ2n) is 4.38. The molecule has 3 rings (SSSR count). The molecule has 1 heteroatoms. The van der Waals surface area contributed by atoms with Gasteiger partial charge in [-0.2, -0.15) is 0 Å². The Hall–Kier alpha value is -2.54. The molecule has 0 saturated heterocycles. The van der Waals surface area contributed by atoms with Gasteiger partial charge in [-0.3, -0.25) is 0 Å². The highest BCUT2D eigenvalue weighted by Crippen LogP contribution is 2.21. The molecule has 2 aromatic carbocycles. The average molecular weight is 246 g/mol. The topological polar surface area (TPSA) is 13.1 Å². The lowest BCUT2D eigenvalue weighted by atomic mass is 10.1. The van der Waals surface area contributed by atoms with Crippen molar-refractivity contribution in [2.45, 2.75) is 0 Å². The fourth-order valence-corrected chi connectivity index (χ4v) is 2.01. The first kappa shape index (κ1) is 11.5. The molecule has 3 aromatic rings. The van der Waals surface area contributed by atoms with E-state index in [2.05, 4.69) is 48.6 Å². The minimum absolute atomic E-state index is 1.11. The van der Waals surface area contributed by atoms with E-state index in [0.29, 0.717) is 0 Å². The lowest BCUT2D eigenvalue weighted by Crippen LogP contribution is -1.76. The molecule has 1 aromatic heterocycles. The summed E-state index contributed by atoms with van der Waals surface area (Å²) in [7, 11) is 0. The van der Waals surface area contributed by atoms with Crippen molar-refractivity contribution in [1.82, 2.24) is 0 Å². The maximum Gasteiger partial charge on any atom is 0.0980 e. The Labute approximate surface area is 112 Å². The van der Waals surface area contributed by atoms with Crippen LogP contribution in [0.4, 0.5) is 0 Å². The lowest BCUT2D eigenvalue weighted by Gasteiger charge is -1.99. The van der Waals surface area contributed by atoms with Crippen molar-refractivity contribution in [2.75, 3.05) is 0 Å². The monoisotopic (exact) mass is 246 g/mol. The average Bonchev–Trinajstić information content (AvgIpc) is 3.01. The molecule has 0 atom stereocenters. The Morgan fingerprint density at radius 2 is 1.47 bits per heavy atom. The fourth-order valence-electron chi connectivity index (χ4n) is 2.01. The Balaban J connectivity index is 1.86. The molecule has 19 heavy (non-hydrogen) atoms. The summed E-state index contributed by atoms with van der Waals surface area (Å²) in [5.74, 6) is 0. The predicted molar refractivity (Wildman–Crippen MR) is 79.5 cm³/mol. The van der Waals surface area contributed by atoms with Crippen molar-refractivity contribution in [2.24, 2.45) is 0 Å². The summed E-state index contributed by atoms with van der Waals surface area (Å²) in [5, 5.41) is 0. The molecule has 0 aliphatic carbocycles. The zero-order valence-corrected chi connectivity index (χ0v) is 10.5. The minimum Gasteiger partial charge on any atom is -0.472 e. The second-order valence-corrected chi connectivity index (χ2v) is 4.38. The van der Waals surface area contributed by atoms with Gasteiger partial charge in [-0.1, -0.05) is 60.7 Å². The first-order valence-corrected chi connectivity index (χ1v) is 6.27. The molecule has 0 unspecified atom stereocenters. The summed E-state index contributed by atoms with van der Waals surface area (Å²) in [6.45, 7) is 0. The number of benzene rings is 2. The maximum atomic E-state index is 5.12. The highest BCUT2D eigenvalue weighted by atomic mass is 16.3. The van der Waals surface area contributed by atoms with Gasteiger partial charge in [-0.15, -0.1) is 0 Å². The van der Waals surface area contributed by atoms with Crippen LogP contribution in [0.5, 0.6) is 0 Å². The number of rotatable bonds is 3. The van der Waals surface area contributed by atoms with Gasteiger partial charge in [0.2, 0.25) is 0 Å². The van der Waals surface area contributed by atoms with Gasteiger partial charge in [-0.25, -0.2) is 0 Å². The molecule has 0 bridgehead atoms. The van der Waals surface area contributed by atoms with Gasteiger partial charge in [0.25, 0.3) is 0 Å². The van der Waals surface area contributed by atoms with Crippen LogP contribution in [0.2, 0.25) is 0 Å². The van der Waals surface area contributed by atoms with Crippen LogP contribution in [0, 0.1) is 0 Å². The molecule has 0 fully saturated rings. The van der Waals surface area contributed by atoms with Crippen molar-refractivity contribution in [3.8, 4) is 11.1 Å². The normalized spacial score (nSPS) is 10.9. The molecule has 0 saturated carbocycles. The molecule has 1 nitrogen and oxygen atoms in total. The van der Waals surface area contributed by atoms with Gasteiger partial charge in [0.05, 0.1) is 12.5 Å². The number of furan rings is 1. The van der Waals surface area contributed by atoms with Gasteiger partial charge >= 0.3 is 0 Å². The highest BCUT2D eigenvalue weighted by molar-refractivity contribution is 5.73. The Morgan fingerprint density at radius 1 is 0.684 bits per heavy atom. The molecule has 1 heterocycles. The third kappa shape index (κ3) is 2.83. The third-order valence-electron chi connectivity index (χ3n) is 3.01. The summed E-state index contributed by atoms with van der Waals surface area (Å²) in [6, 6.07) is 20.7. The summed E-state index contributed by atoms with van der Waals surface area (Å²) < 4.78 is 5.12. The van der Waals surface area contributed by atoms with Crippen LogP contribution in [0.1, 0.15) is 11.1 Å². The molecule has 0 amide bonds. The van der Waals surface area contributed by atoms with Crippen LogP contribution in [-0.2, 0) is 0 Å². The first-order chi connectivity index (χ1) is 9.42. The minimum atomic E-state index is 1.11. The van der Waals surface area contributed by atoms with Crippen LogP contribution in [0.3, 0.4) is 0 Å². The zero-order valence-electron chi connectivity index (χ0n) is 10.5. The van der Waals surface area contributed by atoms with E-state index in [-0.39, 0.29) is 0 Å². The maximum absolute atomic E-state index is 5.12. The van der Waals surface area contributed by atoms with E-state index < -0.39 is 0 Å². The fraction of sp³-hybridized carbons (Fsp3) is 0. The first-order valence-electron chi connectivity index (χ1n) is 6.27. The van der Waals surface area contributed by atoms with Crippen molar-refractivity contribution in [3.05, 3.63) is 84.3 Å². The summed E-state index contributed by atoms with van der Waals surface area (Å²) in [4.78, 5) is 0. The van der Waals surface area contributed by atoms with Gasteiger partial charge in [0, 0.05) is 5.56 Å². The van der Waals surface area contributed by atoms with E-state index in [4.69, 9.17) is 4.42 Å². The highest BCUT2D eigenvalue weighted by Gasteiger charge is 1.98. The van der Waals surface area contributed by atoms with Gasteiger partial charge in [0.15, 0.2) is 0 Å². The number of hydrogen-bond donors (Lipinski definition) is 0. The van der Waals surface area contributed by atoms with Gasteiger partial charge in [-0.05, 0) is 28.8 Å². The summed E-state index contributed by atoms with van der Waals surface area (Å²) >= 11 is 0. The van der Waals surface area contributed by atoms with Crippen LogP contribution in [-0.4, -0.2) is 0 Å². The van der Waals surface area contributed by atoms with Crippen molar-refractivity contribution in [3.63, 3.8) is 0 Å². The zero-order chi connectivity index (χ0) is 12.9. The van der Waals surface area contributed by atoms with E-state index >= 15 is 0 Å². The van der Waals surface area contributed by atoms with Crippen molar-refractivity contribution < 1.29 is 4.42 Å². The molecule has 0 aliphatic heterocycles. The molecule has 92 valence electrons. The van der Waals surface area contributed by atoms with E-state index in [1.165, 1.54) is 16.7 Å². The van der Waals surface area contributed by atoms with Gasteiger partial charge < -0.3 is 4.42 Å². The molecule has 0 spiro atoms. The molecular weight excluding hydrogens is 232 g/mol. The number of hydrogen-bond acceptors (Lipinski definition) is 1. The molecule has 0 radical (unpaired) electrons. The molecular formula is C18H14O. The summed E-state index contributed by atoms with van der Waals surface area (Å²) in [5.41, 5.74) is 4.66. The largest absolute Gasteiger partial charge is 0.472 e. The van der Waals surface area contributed by atoms with E-state index in [0.717, 1.165) is 5.56 Å². The Kier molecular flexibility index (Phi) is 3.28. The molecule has 0 N–H and O–H groups in total.